The minimum atomic E-state index is -0.230. The van der Waals surface area contributed by atoms with Gasteiger partial charge in [0.15, 0.2) is 11.5 Å². The maximum Gasteiger partial charge on any atom is 0.273 e. The molecule has 21 heavy (non-hydrogen) atoms. The average Bonchev–Trinajstić information content (AvgIpc) is 3.18. The molecule has 1 aliphatic carbocycles. The lowest BCUT2D eigenvalue weighted by atomic mass is 9.85. The lowest BCUT2D eigenvalue weighted by Crippen LogP contribution is -2.43. The minimum Gasteiger partial charge on any atom is -0.396 e. The molecule has 2 N–H and O–H groups in total. The third-order valence-corrected chi connectivity index (χ3v) is 4.85. The second kappa shape index (κ2) is 6.41. The number of nitrogens with zero attached hydrogens (tertiary/aromatic N) is 1. The second-order valence-electron chi connectivity index (χ2n) is 5.36. The largest absolute Gasteiger partial charge is 0.396 e. The summed E-state index contributed by atoms with van der Waals surface area (Å²) in [6.45, 7) is 0.115. The molecule has 3 rings (SSSR count). The van der Waals surface area contributed by atoms with Gasteiger partial charge in [-0.15, -0.1) is 11.3 Å². The highest BCUT2D eigenvalue weighted by molar-refractivity contribution is 7.13. The molecule has 2 unspecified atom stereocenters. The Kier molecular flexibility index (Phi) is 4.36. The highest BCUT2D eigenvalue weighted by Crippen LogP contribution is 2.26. The van der Waals surface area contributed by atoms with Crippen LogP contribution in [0.3, 0.4) is 0 Å². The molecule has 0 radical (unpaired) electrons. The van der Waals surface area contributed by atoms with Crippen LogP contribution < -0.4 is 5.32 Å². The number of aliphatic hydroxyl groups is 1. The van der Waals surface area contributed by atoms with Crippen molar-refractivity contribution in [1.29, 1.82) is 0 Å². The van der Waals surface area contributed by atoms with Crippen molar-refractivity contribution in [2.24, 2.45) is 5.92 Å². The third kappa shape index (κ3) is 3.16. The molecule has 1 aliphatic rings. The zero-order valence-electron chi connectivity index (χ0n) is 11.6. The van der Waals surface area contributed by atoms with Gasteiger partial charge in [-0.25, -0.2) is 0 Å². The molecule has 5 nitrogen and oxygen atoms in total. The molecule has 0 saturated heterocycles. The summed E-state index contributed by atoms with van der Waals surface area (Å²) >= 11 is 1.54. The van der Waals surface area contributed by atoms with E-state index in [1.54, 1.807) is 17.4 Å². The first-order valence-electron chi connectivity index (χ1n) is 7.20. The molecule has 0 spiro atoms. The van der Waals surface area contributed by atoms with Crippen LogP contribution in [0.4, 0.5) is 0 Å². The van der Waals surface area contributed by atoms with Gasteiger partial charge in [0.05, 0.1) is 4.88 Å². The van der Waals surface area contributed by atoms with Crippen molar-refractivity contribution in [3.05, 3.63) is 29.3 Å². The summed E-state index contributed by atoms with van der Waals surface area (Å²) < 4.78 is 5.22. The maximum atomic E-state index is 12.2. The van der Waals surface area contributed by atoms with Gasteiger partial charge < -0.3 is 14.9 Å². The molecule has 0 bridgehead atoms. The number of aliphatic hydroxyl groups excluding tert-OH is 1. The van der Waals surface area contributed by atoms with Crippen molar-refractivity contribution in [2.75, 3.05) is 6.61 Å². The van der Waals surface area contributed by atoms with Gasteiger partial charge in [-0.1, -0.05) is 24.1 Å². The fourth-order valence-electron chi connectivity index (χ4n) is 2.78. The van der Waals surface area contributed by atoms with Gasteiger partial charge in [-0.05, 0) is 24.3 Å². The van der Waals surface area contributed by atoms with Crippen LogP contribution in [0.15, 0.2) is 28.1 Å². The van der Waals surface area contributed by atoms with E-state index in [1.807, 2.05) is 17.5 Å². The molecule has 0 aliphatic heterocycles. The van der Waals surface area contributed by atoms with Gasteiger partial charge in [-0.3, -0.25) is 4.79 Å². The lowest BCUT2D eigenvalue weighted by Gasteiger charge is -2.30. The van der Waals surface area contributed by atoms with E-state index in [1.165, 1.54) is 0 Å². The van der Waals surface area contributed by atoms with Gasteiger partial charge >= 0.3 is 0 Å². The molecule has 112 valence electrons. The van der Waals surface area contributed by atoms with Gasteiger partial charge in [0, 0.05) is 24.6 Å². The summed E-state index contributed by atoms with van der Waals surface area (Å²) in [5, 5.41) is 18.2. The topological polar surface area (TPSA) is 75.4 Å². The van der Waals surface area contributed by atoms with Gasteiger partial charge in [0.1, 0.15) is 0 Å². The number of hydrogen-bond donors (Lipinski definition) is 2. The van der Waals surface area contributed by atoms with Crippen LogP contribution in [0.5, 0.6) is 0 Å². The summed E-state index contributed by atoms with van der Waals surface area (Å²) in [6.07, 6.45) is 4.07. The van der Waals surface area contributed by atoms with Crippen LogP contribution in [0.25, 0.3) is 10.6 Å². The predicted octanol–water partition coefficient (Wildman–Crippen LogP) is 2.68. The van der Waals surface area contributed by atoms with Crippen molar-refractivity contribution in [2.45, 2.75) is 31.7 Å². The van der Waals surface area contributed by atoms with Crippen molar-refractivity contribution >= 4 is 17.2 Å². The Morgan fingerprint density at radius 2 is 2.33 bits per heavy atom. The quantitative estimate of drug-likeness (QED) is 0.910. The number of amides is 1. The van der Waals surface area contributed by atoms with E-state index in [9.17, 15) is 9.90 Å². The van der Waals surface area contributed by atoms with Gasteiger partial charge in [0.25, 0.3) is 5.91 Å². The van der Waals surface area contributed by atoms with Crippen molar-refractivity contribution in [3.8, 4) is 10.6 Å². The zero-order valence-corrected chi connectivity index (χ0v) is 12.4. The number of carbonyl (C=O) groups is 1. The summed E-state index contributed by atoms with van der Waals surface area (Å²) in [4.78, 5) is 13.2. The van der Waals surface area contributed by atoms with Crippen LogP contribution in [-0.2, 0) is 0 Å². The second-order valence-corrected chi connectivity index (χ2v) is 6.31. The van der Waals surface area contributed by atoms with Crippen LogP contribution in [0.1, 0.15) is 36.2 Å². The Labute approximate surface area is 127 Å². The highest BCUT2D eigenvalue weighted by Gasteiger charge is 2.27. The van der Waals surface area contributed by atoms with E-state index in [-0.39, 0.29) is 24.5 Å². The molecule has 1 fully saturated rings. The third-order valence-electron chi connectivity index (χ3n) is 3.97. The SMILES string of the molecule is O=C(NC1CCCCC1CO)c1cc(-c2cccs2)on1. The first kappa shape index (κ1) is 14.3. The molecule has 1 saturated carbocycles. The molecule has 2 aromatic heterocycles. The fraction of sp³-hybridized carbons (Fsp3) is 0.467. The summed E-state index contributed by atoms with van der Waals surface area (Å²) in [7, 11) is 0. The van der Waals surface area contributed by atoms with Gasteiger partial charge in [-0.2, -0.15) is 0 Å². The zero-order chi connectivity index (χ0) is 14.7. The first-order valence-corrected chi connectivity index (χ1v) is 8.08. The van der Waals surface area contributed by atoms with Gasteiger partial charge in [0.2, 0.25) is 0 Å². The summed E-state index contributed by atoms with van der Waals surface area (Å²) in [5.41, 5.74) is 0.292. The minimum absolute atomic E-state index is 0.0261. The molecular weight excluding hydrogens is 288 g/mol. The molecule has 2 heterocycles. The van der Waals surface area contributed by atoms with Crippen molar-refractivity contribution in [1.82, 2.24) is 10.5 Å². The van der Waals surface area contributed by atoms with Crippen LogP contribution in [-0.4, -0.2) is 28.8 Å². The van der Waals surface area contributed by atoms with Crippen LogP contribution in [0.2, 0.25) is 0 Å². The molecule has 1 amide bonds. The monoisotopic (exact) mass is 306 g/mol. The number of thiophene rings is 1. The Balaban J connectivity index is 1.68. The molecule has 2 atom stereocenters. The number of aromatic nitrogens is 1. The Morgan fingerprint density at radius 1 is 1.48 bits per heavy atom. The highest BCUT2D eigenvalue weighted by atomic mass is 32.1. The van der Waals surface area contributed by atoms with E-state index >= 15 is 0 Å². The van der Waals surface area contributed by atoms with Crippen molar-refractivity contribution < 1.29 is 14.4 Å². The van der Waals surface area contributed by atoms with E-state index < -0.39 is 0 Å². The lowest BCUT2D eigenvalue weighted by molar-refractivity contribution is 0.0864. The Bertz CT molecular complexity index is 594. The Morgan fingerprint density at radius 3 is 3.10 bits per heavy atom. The summed E-state index contributed by atoms with van der Waals surface area (Å²) in [6, 6.07) is 5.54. The molecule has 2 aromatic rings. The van der Waals surface area contributed by atoms with E-state index in [4.69, 9.17) is 4.52 Å². The van der Waals surface area contributed by atoms with Crippen LogP contribution in [0, 0.1) is 5.92 Å². The smallest absolute Gasteiger partial charge is 0.273 e. The van der Waals surface area contributed by atoms with Crippen LogP contribution >= 0.6 is 11.3 Å². The van der Waals surface area contributed by atoms with E-state index in [0.29, 0.717) is 11.5 Å². The molecule has 0 aromatic carbocycles. The Hall–Kier alpha value is -1.66. The average molecular weight is 306 g/mol. The number of nitrogens with one attached hydrogen (secondary N) is 1. The molecule has 6 heteroatoms. The number of carbonyl (C=O) groups excluding carboxylic acids is 1. The standard InChI is InChI=1S/C15H18N2O3S/c18-9-10-4-1-2-5-11(10)16-15(19)12-8-13(20-17-12)14-6-3-7-21-14/h3,6-8,10-11,18H,1-2,4-5,9H2,(H,16,19). The number of hydrogen-bond acceptors (Lipinski definition) is 5. The maximum absolute atomic E-state index is 12.2. The number of rotatable bonds is 4. The van der Waals surface area contributed by atoms with E-state index in [2.05, 4.69) is 10.5 Å². The molecular formula is C15H18N2O3S. The fourth-order valence-corrected chi connectivity index (χ4v) is 3.45. The predicted molar refractivity (Wildman–Crippen MR) is 80.1 cm³/mol. The first-order chi connectivity index (χ1) is 10.3. The van der Waals surface area contributed by atoms with E-state index in [0.717, 1.165) is 30.6 Å². The summed E-state index contributed by atoms with van der Waals surface area (Å²) in [5.74, 6) is 0.524. The normalized spacial score (nSPS) is 22.1. The van der Waals surface area contributed by atoms with Crippen molar-refractivity contribution in [3.63, 3.8) is 0 Å².